The molecule has 0 aliphatic rings. The molecule has 2 aromatic rings. The predicted molar refractivity (Wildman–Crippen MR) is 94.3 cm³/mol. The van der Waals surface area contributed by atoms with Crippen molar-refractivity contribution in [2.24, 2.45) is 4.99 Å². The van der Waals surface area contributed by atoms with E-state index in [1.807, 2.05) is 26.0 Å². The van der Waals surface area contributed by atoms with Crippen LogP contribution in [0.5, 0.6) is 11.5 Å². The second-order valence-corrected chi connectivity index (χ2v) is 5.67. The van der Waals surface area contributed by atoms with E-state index in [2.05, 4.69) is 11.1 Å². The summed E-state index contributed by atoms with van der Waals surface area (Å²) >= 11 is 6.17. The number of hydrogen-bond donors (Lipinski definition) is 1. The first-order valence-corrected chi connectivity index (χ1v) is 7.62. The average molecular weight is 348 g/mol. The van der Waals surface area contributed by atoms with E-state index in [1.54, 1.807) is 18.3 Å². The normalized spacial score (nSPS) is 10.8. The summed E-state index contributed by atoms with van der Waals surface area (Å²) < 4.78 is 10.4. The van der Waals surface area contributed by atoms with Gasteiger partial charge in [-0.15, -0.1) is 0 Å². The highest BCUT2D eigenvalue weighted by Crippen LogP contribution is 2.36. The molecular formula is C18H18ClNO4. The minimum absolute atomic E-state index is 0.199. The SMILES string of the molecule is COc1cc(C=Nc2ccc(C)cc2C)cc(Cl)c1OCC(=O)O. The maximum atomic E-state index is 10.6. The molecule has 1 N–H and O–H groups in total. The molecule has 2 rings (SSSR count). The summed E-state index contributed by atoms with van der Waals surface area (Å²) in [6.07, 6.45) is 1.67. The fourth-order valence-electron chi connectivity index (χ4n) is 2.18. The van der Waals surface area contributed by atoms with Gasteiger partial charge in [-0.2, -0.15) is 0 Å². The Bertz CT molecular complexity index is 787. The maximum absolute atomic E-state index is 10.6. The van der Waals surface area contributed by atoms with E-state index in [0.29, 0.717) is 5.75 Å². The number of aliphatic imine (C=N–C) groups is 1. The van der Waals surface area contributed by atoms with Crippen molar-refractivity contribution in [3.63, 3.8) is 0 Å². The molecule has 0 bridgehead atoms. The molecule has 0 radical (unpaired) electrons. The monoisotopic (exact) mass is 347 g/mol. The van der Waals surface area contributed by atoms with Crippen molar-refractivity contribution in [1.29, 1.82) is 0 Å². The first-order valence-electron chi connectivity index (χ1n) is 7.24. The van der Waals surface area contributed by atoms with Gasteiger partial charge in [0.05, 0.1) is 17.8 Å². The van der Waals surface area contributed by atoms with Crippen LogP contribution in [0.15, 0.2) is 35.3 Å². The molecule has 5 nitrogen and oxygen atoms in total. The molecule has 0 spiro atoms. The van der Waals surface area contributed by atoms with Gasteiger partial charge in [0, 0.05) is 6.21 Å². The Hall–Kier alpha value is -2.53. The fraction of sp³-hybridized carbons (Fsp3) is 0.222. The van der Waals surface area contributed by atoms with Gasteiger partial charge < -0.3 is 14.6 Å². The van der Waals surface area contributed by atoms with Gasteiger partial charge in [0.1, 0.15) is 0 Å². The first-order chi connectivity index (χ1) is 11.4. The van der Waals surface area contributed by atoms with Crippen molar-refractivity contribution < 1.29 is 19.4 Å². The Balaban J connectivity index is 2.29. The Kier molecular flexibility index (Phi) is 5.82. The van der Waals surface area contributed by atoms with Gasteiger partial charge in [0.2, 0.25) is 0 Å². The third-order valence-electron chi connectivity index (χ3n) is 3.30. The van der Waals surface area contributed by atoms with Gasteiger partial charge in [-0.05, 0) is 43.2 Å². The highest BCUT2D eigenvalue weighted by molar-refractivity contribution is 6.32. The Morgan fingerprint density at radius 2 is 2.04 bits per heavy atom. The number of carbonyl (C=O) groups is 1. The van der Waals surface area contributed by atoms with Crippen LogP contribution in [-0.2, 0) is 4.79 Å². The van der Waals surface area contributed by atoms with Crippen LogP contribution in [0, 0.1) is 13.8 Å². The molecule has 0 heterocycles. The zero-order valence-corrected chi connectivity index (χ0v) is 14.4. The van der Waals surface area contributed by atoms with Crippen LogP contribution in [0.3, 0.4) is 0 Å². The van der Waals surface area contributed by atoms with Crippen molar-refractivity contribution in [1.82, 2.24) is 0 Å². The second kappa shape index (κ2) is 7.84. The molecular weight excluding hydrogens is 330 g/mol. The molecule has 0 saturated heterocycles. The number of halogens is 1. The van der Waals surface area contributed by atoms with Gasteiger partial charge in [0.15, 0.2) is 18.1 Å². The van der Waals surface area contributed by atoms with Crippen LogP contribution in [0.4, 0.5) is 5.69 Å². The first kappa shape index (κ1) is 17.8. The van der Waals surface area contributed by atoms with Gasteiger partial charge in [-0.25, -0.2) is 4.79 Å². The van der Waals surface area contributed by atoms with Crippen molar-refractivity contribution in [3.8, 4) is 11.5 Å². The van der Waals surface area contributed by atoms with Gasteiger partial charge >= 0.3 is 5.97 Å². The molecule has 24 heavy (non-hydrogen) atoms. The highest BCUT2D eigenvalue weighted by atomic mass is 35.5. The molecule has 2 aromatic carbocycles. The lowest BCUT2D eigenvalue weighted by molar-refractivity contribution is -0.139. The van der Waals surface area contributed by atoms with E-state index in [1.165, 1.54) is 12.7 Å². The number of carboxylic acid groups (broad SMARTS) is 1. The Morgan fingerprint density at radius 1 is 1.29 bits per heavy atom. The summed E-state index contributed by atoms with van der Waals surface area (Å²) in [6, 6.07) is 9.34. The quantitative estimate of drug-likeness (QED) is 0.796. The number of rotatable bonds is 6. The Morgan fingerprint density at radius 3 is 2.67 bits per heavy atom. The molecule has 0 amide bonds. The summed E-state index contributed by atoms with van der Waals surface area (Å²) in [7, 11) is 1.46. The zero-order chi connectivity index (χ0) is 17.7. The minimum atomic E-state index is -1.09. The lowest BCUT2D eigenvalue weighted by Gasteiger charge is -2.11. The standard InChI is InChI=1S/C18H18ClNO4/c1-11-4-5-15(12(2)6-11)20-9-13-7-14(19)18(16(8-13)23-3)24-10-17(21)22/h4-9H,10H2,1-3H3,(H,21,22). The van der Waals surface area contributed by atoms with Crippen LogP contribution in [0.1, 0.15) is 16.7 Å². The number of nitrogens with zero attached hydrogens (tertiary/aromatic N) is 1. The molecule has 0 unspecified atom stereocenters. The summed E-state index contributed by atoms with van der Waals surface area (Å²) in [5, 5.41) is 8.97. The third-order valence-corrected chi connectivity index (χ3v) is 3.58. The van der Waals surface area contributed by atoms with Crippen molar-refractivity contribution in [2.75, 3.05) is 13.7 Å². The van der Waals surface area contributed by atoms with Crippen molar-refractivity contribution in [2.45, 2.75) is 13.8 Å². The smallest absolute Gasteiger partial charge is 0.341 e. The van der Waals surface area contributed by atoms with E-state index < -0.39 is 12.6 Å². The Labute approximate surface area is 145 Å². The number of benzene rings is 2. The number of ether oxygens (including phenoxy) is 2. The second-order valence-electron chi connectivity index (χ2n) is 5.26. The van der Waals surface area contributed by atoms with E-state index >= 15 is 0 Å². The summed E-state index contributed by atoms with van der Waals surface area (Å²) in [5.74, 6) is -0.537. The molecule has 0 fully saturated rings. The molecule has 0 saturated carbocycles. The lowest BCUT2D eigenvalue weighted by Crippen LogP contribution is -2.10. The molecule has 0 aliphatic carbocycles. The van der Waals surface area contributed by atoms with Crippen LogP contribution < -0.4 is 9.47 Å². The summed E-state index contributed by atoms with van der Waals surface area (Å²) in [6.45, 7) is 3.53. The highest BCUT2D eigenvalue weighted by Gasteiger charge is 2.13. The third kappa shape index (κ3) is 4.49. The van der Waals surface area contributed by atoms with E-state index in [4.69, 9.17) is 26.2 Å². The van der Waals surface area contributed by atoms with Crippen LogP contribution in [-0.4, -0.2) is 31.0 Å². The number of aryl methyl sites for hydroxylation is 2. The van der Waals surface area contributed by atoms with Crippen molar-refractivity contribution >= 4 is 29.5 Å². The molecule has 0 atom stereocenters. The van der Waals surface area contributed by atoms with Crippen LogP contribution in [0.2, 0.25) is 5.02 Å². The number of hydrogen-bond acceptors (Lipinski definition) is 4. The van der Waals surface area contributed by atoms with Gasteiger partial charge in [0.25, 0.3) is 0 Å². The molecule has 6 heteroatoms. The summed E-state index contributed by atoms with van der Waals surface area (Å²) in [5.41, 5.74) is 3.84. The molecule has 0 aromatic heterocycles. The fourth-order valence-corrected chi connectivity index (χ4v) is 2.46. The average Bonchev–Trinajstić information content (AvgIpc) is 2.52. The van der Waals surface area contributed by atoms with E-state index in [9.17, 15) is 4.79 Å². The van der Waals surface area contributed by atoms with Crippen LogP contribution in [0.25, 0.3) is 0 Å². The van der Waals surface area contributed by atoms with E-state index in [-0.39, 0.29) is 10.8 Å². The zero-order valence-electron chi connectivity index (χ0n) is 13.7. The van der Waals surface area contributed by atoms with Crippen LogP contribution >= 0.6 is 11.6 Å². The predicted octanol–water partition coefficient (Wildman–Crippen LogP) is 4.18. The number of aliphatic carboxylic acids is 1. The van der Waals surface area contributed by atoms with Crippen molar-refractivity contribution in [3.05, 3.63) is 52.0 Å². The lowest BCUT2D eigenvalue weighted by atomic mass is 10.1. The van der Waals surface area contributed by atoms with Gasteiger partial charge in [-0.1, -0.05) is 29.3 Å². The number of carboxylic acids is 1. The van der Waals surface area contributed by atoms with Gasteiger partial charge in [-0.3, -0.25) is 4.99 Å². The van der Waals surface area contributed by atoms with E-state index in [0.717, 1.165) is 16.8 Å². The molecule has 0 aliphatic heterocycles. The number of methoxy groups -OCH3 is 1. The summed E-state index contributed by atoms with van der Waals surface area (Å²) in [4.78, 5) is 15.1. The topological polar surface area (TPSA) is 68.1 Å². The largest absolute Gasteiger partial charge is 0.493 e. The molecule has 126 valence electrons. The minimum Gasteiger partial charge on any atom is -0.493 e. The maximum Gasteiger partial charge on any atom is 0.341 e.